The number of nitriles is 1. The van der Waals surface area contributed by atoms with Gasteiger partial charge in [0.1, 0.15) is 6.04 Å². The van der Waals surface area contributed by atoms with Crippen molar-refractivity contribution in [3.8, 4) is 6.07 Å². The number of anilines is 1. The molecule has 0 bridgehead atoms. The van der Waals surface area contributed by atoms with Crippen molar-refractivity contribution in [2.75, 3.05) is 30.0 Å². The van der Waals surface area contributed by atoms with Crippen LogP contribution < -0.4 is 5.32 Å². The first-order valence-electron chi connectivity index (χ1n) is 12.0. The molecule has 3 amide bonds. The minimum Gasteiger partial charge on any atom is -0.339 e. The number of carbonyl (C=O) groups is 3. The number of rotatable bonds is 4. The molecule has 2 aliphatic rings. The van der Waals surface area contributed by atoms with Crippen LogP contribution in [0.5, 0.6) is 0 Å². The fourth-order valence-corrected chi connectivity index (χ4v) is 6.04. The van der Waals surface area contributed by atoms with E-state index in [1.54, 1.807) is 40.9 Å². The summed E-state index contributed by atoms with van der Waals surface area (Å²) in [6, 6.07) is 21.8. The van der Waals surface area contributed by atoms with Gasteiger partial charge in [-0.25, -0.2) is 0 Å². The van der Waals surface area contributed by atoms with Gasteiger partial charge < -0.3 is 15.1 Å². The van der Waals surface area contributed by atoms with Crippen molar-refractivity contribution in [3.63, 3.8) is 0 Å². The maximum atomic E-state index is 13.4. The average Bonchev–Trinajstić information content (AvgIpc) is 3.43. The minimum absolute atomic E-state index is 0.00546. The summed E-state index contributed by atoms with van der Waals surface area (Å²) in [6.07, 6.45) is 1.17. The number of amides is 3. The third-order valence-electron chi connectivity index (χ3n) is 6.90. The van der Waals surface area contributed by atoms with Crippen LogP contribution in [0.4, 0.5) is 5.69 Å². The normalized spacial score (nSPS) is 18.1. The van der Waals surface area contributed by atoms with Crippen molar-refractivity contribution in [3.05, 3.63) is 77.9 Å². The van der Waals surface area contributed by atoms with E-state index in [-0.39, 0.29) is 23.6 Å². The van der Waals surface area contributed by atoms with Crippen molar-refractivity contribution in [2.45, 2.75) is 18.9 Å². The lowest BCUT2D eigenvalue weighted by Gasteiger charge is -2.34. The highest BCUT2D eigenvalue weighted by atomic mass is 32.2. The van der Waals surface area contributed by atoms with E-state index < -0.39 is 6.04 Å². The second-order valence-corrected chi connectivity index (χ2v) is 10.1. The van der Waals surface area contributed by atoms with Crippen molar-refractivity contribution < 1.29 is 14.4 Å². The molecule has 0 spiro atoms. The molecule has 5 rings (SSSR count). The van der Waals surface area contributed by atoms with Crippen LogP contribution in [-0.4, -0.2) is 58.3 Å². The van der Waals surface area contributed by atoms with E-state index in [9.17, 15) is 14.4 Å². The second kappa shape index (κ2) is 10.4. The first-order valence-corrected chi connectivity index (χ1v) is 13.2. The molecule has 7 nitrogen and oxygen atoms in total. The Labute approximate surface area is 214 Å². The number of nitrogens with one attached hydrogen (secondary N) is 1. The van der Waals surface area contributed by atoms with Crippen LogP contribution in [-0.2, 0) is 9.59 Å². The fourth-order valence-electron chi connectivity index (χ4n) is 4.88. The van der Waals surface area contributed by atoms with Gasteiger partial charge in [-0.1, -0.05) is 36.4 Å². The lowest BCUT2D eigenvalue weighted by Crippen LogP contribution is -2.49. The molecular formula is C28H26N4O3S. The molecule has 0 saturated carbocycles. The zero-order chi connectivity index (χ0) is 25.1. The standard InChI is InChI=1S/C28H26N4O3S/c29-16-19-8-10-22(11-9-19)30-26(33)25-17-36-18-32(25)27(34)21-12-14-31(15-13-21)28(35)24-7-3-5-20-4-1-2-6-23(20)24/h1-11,21,25H,12-15,17-18H2,(H,30,33). The Morgan fingerprint density at radius 1 is 0.944 bits per heavy atom. The Kier molecular flexibility index (Phi) is 6.92. The zero-order valence-corrected chi connectivity index (χ0v) is 20.5. The van der Waals surface area contributed by atoms with E-state index >= 15 is 0 Å². The van der Waals surface area contributed by atoms with Crippen LogP contribution in [0, 0.1) is 17.2 Å². The van der Waals surface area contributed by atoms with Gasteiger partial charge in [0.05, 0.1) is 17.5 Å². The molecule has 1 unspecified atom stereocenters. The van der Waals surface area contributed by atoms with Gasteiger partial charge in [0, 0.05) is 36.0 Å². The Morgan fingerprint density at radius 3 is 2.42 bits per heavy atom. The molecule has 2 fully saturated rings. The van der Waals surface area contributed by atoms with Gasteiger partial charge in [-0.15, -0.1) is 11.8 Å². The highest BCUT2D eigenvalue weighted by molar-refractivity contribution is 7.99. The summed E-state index contributed by atoms with van der Waals surface area (Å²) >= 11 is 1.57. The monoisotopic (exact) mass is 498 g/mol. The van der Waals surface area contributed by atoms with Crippen molar-refractivity contribution >= 4 is 45.9 Å². The maximum Gasteiger partial charge on any atom is 0.254 e. The molecule has 182 valence electrons. The number of piperidine rings is 1. The molecule has 3 aromatic rings. The highest BCUT2D eigenvalue weighted by Gasteiger charge is 2.39. The van der Waals surface area contributed by atoms with Gasteiger partial charge in [-0.2, -0.15) is 5.26 Å². The van der Waals surface area contributed by atoms with Gasteiger partial charge in [0.15, 0.2) is 0 Å². The SMILES string of the molecule is N#Cc1ccc(NC(=O)C2CSCN2C(=O)C2CCN(C(=O)c3cccc4ccccc34)CC2)cc1. The summed E-state index contributed by atoms with van der Waals surface area (Å²) in [7, 11) is 0. The van der Waals surface area contributed by atoms with Crippen LogP contribution in [0.2, 0.25) is 0 Å². The lowest BCUT2D eigenvalue weighted by atomic mass is 9.94. The third kappa shape index (κ3) is 4.79. The molecule has 2 aliphatic heterocycles. The molecule has 3 aromatic carbocycles. The predicted molar refractivity (Wildman–Crippen MR) is 140 cm³/mol. The summed E-state index contributed by atoms with van der Waals surface area (Å²) < 4.78 is 0. The number of carbonyl (C=O) groups excluding carboxylic acids is 3. The molecule has 0 aromatic heterocycles. The first-order chi connectivity index (χ1) is 17.5. The summed E-state index contributed by atoms with van der Waals surface area (Å²) in [5, 5.41) is 13.8. The first kappa shape index (κ1) is 23.9. The largest absolute Gasteiger partial charge is 0.339 e. The Morgan fingerprint density at radius 2 is 1.67 bits per heavy atom. The Hall–Kier alpha value is -3.83. The summed E-state index contributed by atoms with van der Waals surface area (Å²) in [6.45, 7) is 1.03. The number of likely N-dealkylation sites (tertiary alicyclic amines) is 1. The number of nitrogens with zero attached hydrogens (tertiary/aromatic N) is 3. The highest BCUT2D eigenvalue weighted by Crippen LogP contribution is 2.29. The number of hydrogen-bond donors (Lipinski definition) is 1. The van der Waals surface area contributed by atoms with Gasteiger partial charge in [-0.3, -0.25) is 14.4 Å². The molecule has 2 heterocycles. The van der Waals surface area contributed by atoms with E-state index in [2.05, 4.69) is 11.4 Å². The molecule has 1 N–H and O–H groups in total. The Balaban J connectivity index is 1.20. The van der Waals surface area contributed by atoms with Crippen LogP contribution in [0.25, 0.3) is 10.8 Å². The van der Waals surface area contributed by atoms with E-state index in [1.165, 1.54) is 0 Å². The zero-order valence-electron chi connectivity index (χ0n) is 19.7. The van der Waals surface area contributed by atoms with Crippen LogP contribution in [0.3, 0.4) is 0 Å². The van der Waals surface area contributed by atoms with E-state index in [4.69, 9.17) is 5.26 Å². The van der Waals surface area contributed by atoms with E-state index in [0.29, 0.717) is 54.4 Å². The molecule has 0 aliphatic carbocycles. The average molecular weight is 499 g/mol. The molecule has 8 heteroatoms. The number of fused-ring (bicyclic) bond motifs is 1. The van der Waals surface area contributed by atoms with Gasteiger partial charge in [-0.05, 0) is 53.9 Å². The minimum atomic E-state index is -0.534. The Bertz CT molecular complexity index is 1340. The van der Waals surface area contributed by atoms with Crippen molar-refractivity contribution in [1.29, 1.82) is 5.26 Å². The van der Waals surface area contributed by atoms with Crippen LogP contribution >= 0.6 is 11.8 Å². The smallest absolute Gasteiger partial charge is 0.254 e. The molecule has 36 heavy (non-hydrogen) atoms. The van der Waals surface area contributed by atoms with Crippen molar-refractivity contribution in [2.24, 2.45) is 5.92 Å². The molecule has 2 saturated heterocycles. The number of thioether (sulfide) groups is 1. The van der Waals surface area contributed by atoms with Gasteiger partial charge >= 0.3 is 0 Å². The van der Waals surface area contributed by atoms with Crippen molar-refractivity contribution in [1.82, 2.24) is 9.80 Å². The number of hydrogen-bond acceptors (Lipinski definition) is 5. The summed E-state index contributed by atoms with van der Waals surface area (Å²) in [5.74, 6) is 0.588. The van der Waals surface area contributed by atoms with Gasteiger partial charge in [0.2, 0.25) is 11.8 Å². The third-order valence-corrected chi connectivity index (χ3v) is 7.91. The number of benzene rings is 3. The quantitative estimate of drug-likeness (QED) is 0.585. The van der Waals surface area contributed by atoms with Crippen LogP contribution in [0.1, 0.15) is 28.8 Å². The molecular weight excluding hydrogens is 472 g/mol. The molecule has 0 radical (unpaired) electrons. The lowest BCUT2D eigenvalue weighted by molar-refractivity contribution is -0.140. The maximum absolute atomic E-state index is 13.4. The van der Waals surface area contributed by atoms with Crippen LogP contribution in [0.15, 0.2) is 66.7 Å². The van der Waals surface area contributed by atoms with E-state index in [0.717, 1.165) is 10.8 Å². The van der Waals surface area contributed by atoms with Gasteiger partial charge in [0.25, 0.3) is 5.91 Å². The topological polar surface area (TPSA) is 93.5 Å². The fraction of sp³-hybridized carbons (Fsp3) is 0.286. The summed E-state index contributed by atoms with van der Waals surface area (Å²) in [5.41, 5.74) is 1.81. The predicted octanol–water partition coefficient (Wildman–Crippen LogP) is 4.10. The summed E-state index contributed by atoms with van der Waals surface area (Å²) in [4.78, 5) is 43.1. The van der Waals surface area contributed by atoms with E-state index in [1.807, 2.05) is 47.4 Å². The molecule has 1 atom stereocenters. The second-order valence-electron chi connectivity index (χ2n) is 9.10.